The van der Waals surface area contributed by atoms with Gasteiger partial charge in [-0.25, -0.2) is 9.78 Å². The molecule has 0 aliphatic rings. The predicted octanol–water partition coefficient (Wildman–Crippen LogP) is 1.30. The second kappa shape index (κ2) is 6.28. The average Bonchev–Trinajstić information content (AvgIpc) is 2.98. The van der Waals surface area contributed by atoms with Gasteiger partial charge in [0.2, 0.25) is 5.88 Å². The number of urea groups is 1. The fourth-order valence-electron chi connectivity index (χ4n) is 2.08. The minimum Gasteiger partial charge on any atom is -0.479 e. The van der Waals surface area contributed by atoms with Crippen LogP contribution in [0.5, 0.6) is 5.88 Å². The number of fused-ring (bicyclic) bond motifs is 1. The summed E-state index contributed by atoms with van der Waals surface area (Å²) >= 11 is 0. The molecule has 0 aliphatic carbocycles. The fourth-order valence-corrected chi connectivity index (χ4v) is 2.08. The van der Waals surface area contributed by atoms with Gasteiger partial charge in [0.15, 0.2) is 0 Å². The molecular weight excluding hydrogens is 300 g/mol. The summed E-state index contributed by atoms with van der Waals surface area (Å²) in [7, 11) is 1.47. The highest BCUT2D eigenvalue weighted by molar-refractivity contribution is 6.00. The number of H-pyrrole nitrogens is 1. The molecule has 9 nitrogen and oxygen atoms in total. The van der Waals surface area contributed by atoms with Crippen LogP contribution in [0.25, 0.3) is 10.9 Å². The van der Waals surface area contributed by atoms with Crippen molar-refractivity contribution in [3.05, 3.63) is 36.3 Å². The van der Waals surface area contributed by atoms with Crippen molar-refractivity contribution in [1.82, 2.24) is 20.2 Å². The Bertz CT molecular complexity index is 833. The van der Waals surface area contributed by atoms with Gasteiger partial charge < -0.3 is 15.2 Å². The first kappa shape index (κ1) is 14.7. The summed E-state index contributed by atoms with van der Waals surface area (Å²) in [6.45, 7) is -0.320. The standard InChI is InChI=1S/C14H13N6O3/c1-23-13-12-9(19-20-13)5-11(17-10(12)7-21)18-14(22)16-8-3-2-4-15-6-8/h2-5,21H,7H2,1H3,(H,19,20)(H2,16,17,18,22). The monoisotopic (exact) mass is 313 g/mol. The third-order valence-corrected chi connectivity index (χ3v) is 3.03. The molecule has 0 saturated heterocycles. The summed E-state index contributed by atoms with van der Waals surface area (Å²) in [4.78, 5) is 19.9. The van der Waals surface area contributed by atoms with Gasteiger partial charge >= 0.3 is 6.03 Å². The molecule has 9 heteroatoms. The topological polar surface area (TPSA) is 125 Å². The second-order valence-corrected chi connectivity index (χ2v) is 4.51. The van der Waals surface area contributed by atoms with Crippen molar-refractivity contribution < 1.29 is 14.6 Å². The lowest BCUT2D eigenvalue weighted by molar-refractivity contribution is 0.262. The van der Waals surface area contributed by atoms with Crippen LogP contribution in [0.1, 0.15) is 5.69 Å². The van der Waals surface area contributed by atoms with Gasteiger partial charge in [-0.3, -0.25) is 15.4 Å². The van der Waals surface area contributed by atoms with Gasteiger partial charge in [0.1, 0.15) is 12.0 Å². The molecule has 0 fully saturated rings. The number of nitrogens with zero attached hydrogens (tertiary/aromatic N) is 3. The number of nitrogens with one attached hydrogen (secondary N) is 3. The van der Waals surface area contributed by atoms with E-state index in [0.29, 0.717) is 28.2 Å². The molecule has 3 aromatic heterocycles. The van der Waals surface area contributed by atoms with E-state index < -0.39 is 6.03 Å². The molecule has 1 radical (unpaired) electrons. The number of methoxy groups -OCH3 is 1. The van der Waals surface area contributed by atoms with Gasteiger partial charge in [-0.2, -0.15) is 0 Å². The average molecular weight is 313 g/mol. The Hall–Kier alpha value is -3.20. The number of hydrogen-bond donors (Lipinski definition) is 4. The molecule has 23 heavy (non-hydrogen) atoms. The van der Waals surface area contributed by atoms with Crippen LogP contribution in [0, 0.1) is 6.20 Å². The fraction of sp³-hybridized carbons (Fsp3) is 0.143. The van der Waals surface area contributed by atoms with Crippen LogP contribution >= 0.6 is 0 Å². The molecule has 0 spiro atoms. The number of aromatic amines is 1. The Balaban J connectivity index is 1.84. The Labute approximate surface area is 130 Å². The second-order valence-electron chi connectivity index (χ2n) is 4.51. The van der Waals surface area contributed by atoms with Gasteiger partial charge in [0.25, 0.3) is 0 Å². The maximum atomic E-state index is 12.0. The van der Waals surface area contributed by atoms with Crippen molar-refractivity contribution in [1.29, 1.82) is 0 Å². The van der Waals surface area contributed by atoms with E-state index in [2.05, 4.69) is 37.0 Å². The molecule has 3 heterocycles. The summed E-state index contributed by atoms with van der Waals surface area (Å²) in [5.74, 6) is 0.590. The van der Waals surface area contributed by atoms with Crippen molar-refractivity contribution >= 4 is 28.4 Å². The highest BCUT2D eigenvalue weighted by atomic mass is 16.5. The van der Waals surface area contributed by atoms with Crippen LogP contribution in [0.2, 0.25) is 0 Å². The van der Waals surface area contributed by atoms with Gasteiger partial charge in [0.05, 0.1) is 36.0 Å². The molecule has 3 rings (SSSR count). The highest BCUT2D eigenvalue weighted by Gasteiger charge is 2.15. The van der Waals surface area contributed by atoms with Crippen LogP contribution < -0.4 is 15.4 Å². The Morgan fingerprint density at radius 3 is 3.04 bits per heavy atom. The quantitative estimate of drug-likeness (QED) is 0.575. The van der Waals surface area contributed by atoms with Gasteiger partial charge in [-0.15, -0.1) is 5.10 Å². The van der Waals surface area contributed by atoms with E-state index in [0.717, 1.165) is 0 Å². The first-order valence-electron chi connectivity index (χ1n) is 6.65. The first-order chi connectivity index (χ1) is 11.2. The number of pyridine rings is 2. The zero-order valence-corrected chi connectivity index (χ0v) is 12.1. The van der Waals surface area contributed by atoms with E-state index in [4.69, 9.17) is 4.74 Å². The number of amides is 2. The van der Waals surface area contributed by atoms with E-state index >= 15 is 0 Å². The minimum atomic E-state index is -0.503. The number of aliphatic hydroxyl groups is 1. The number of ether oxygens (including phenoxy) is 1. The Kier molecular flexibility index (Phi) is 4.02. The van der Waals surface area contributed by atoms with Crippen LogP contribution in [0.3, 0.4) is 0 Å². The normalized spacial score (nSPS) is 10.5. The SMILES string of the molecule is COc1n[nH]c2cc(NC(=O)Nc3[c]nccc3)nc(CO)c12. The summed E-state index contributed by atoms with van der Waals surface area (Å²) in [6, 6.07) is 4.42. The van der Waals surface area contributed by atoms with E-state index in [1.54, 1.807) is 24.4 Å². The van der Waals surface area contributed by atoms with E-state index in [9.17, 15) is 9.90 Å². The molecule has 0 unspecified atom stereocenters. The van der Waals surface area contributed by atoms with Crippen LogP contribution in [0.4, 0.5) is 16.3 Å². The first-order valence-corrected chi connectivity index (χ1v) is 6.65. The maximum absolute atomic E-state index is 12.0. The van der Waals surface area contributed by atoms with Crippen molar-refractivity contribution in [3.63, 3.8) is 0 Å². The molecule has 2 amide bonds. The smallest absolute Gasteiger partial charge is 0.324 e. The van der Waals surface area contributed by atoms with E-state index in [1.807, 2.05) is 0 Å². The molecule has 0 atom stereocenters. The maximum Gasteiger partial charge on any atom is 0.324 e. The van der Waals surface area contributed by atoms with Crippen molar-refractivity contribution in [2.75, 3.05) is 17.7 Å². The number of rotatable bonds is 4. The molecule has 117 valence electrons. The number of carbonyl (C=O) groups excluding carboxylic acids is 1. The zero-order chi connectivity index (χ0) is 16.2. The number of carbonyl (C=O) groups is 1. The van der Waals surface area contributed by atoms with E-state index in [1.165, 1.54) is 7.11 Å². The Morgan fingerprint density at radius 1 is 1.48 bits per heavy atom. The Morgan fingerprint density at radius 2 is 2.35 bits per heavy atom. The predicted molar refractivity (Wildman–Crippen MR) is 82.1 cm³/mol. The van der Waals surface area contributed by atoms with Crippen LogP contribution in [-0.2, 0) is 6.61 Å². The highest BCUT2D eigenvalue weighted by Crippen LogP contribution is 2.27. The number of anilines is 2. The summed E-state index contributed by atoms with van der Waals surface area (Å²) in [6.07, 6.45) is 4.19. The summed E-state index contributed by atoms with van der Waals surface area (Å²) in [5.41, 5.74) is 1.36. The molecule has 0 saturated carbocycles. The third kappa shape index (κ3) is 3.04. The number of aliphatic hydroxyl groups excluding tert-OH is 1. The van der Waals surface area contributed by atoms with Crippen LogP contribution in [0.15, 0.2) is 24.4 Å². The van der Waals surface area contributed by atoms with Crippen molar-refractivity contribution in [2.24, 2.45) is 0 Å². The van der Waals surface area contributed by atoms with Crippen molar-refractivity contribution in [3.8, 4) is 5.88 Å². The lowest BCUT2D eigenvalue weighted by Gasteiger charge is -2.08. The lowest BCUT2D eigenvalue weighted by atomic mass is 10.2. The number of hydrogen-bond acceptors (Lipinski definition) is 6. The van der Waals surface area contributed by atoms with Crippen molar-refractivity contribution in [2.45, 2.75) is 6.61 Å². The lowest BCUT2D eigenvalue weighted by Crippen LogP contribution is -2.20. The molecule has 0 bridgehead atoms. The number of aromatic nitrogens is 4. The molecular formula is C14H13N6O3. The van der Waals surface area contributed by atoms with Crippen LogP contribution in [-0.4, -0.2) is 38.4 Å². The zero-order valence-electron chi connectivity index (χ0n) is 12.1. The van der Waals surface area contributed by atoms with Gasteiger partial charge in [-0.1, -0.05) is 0 Å². The molecule has 0 aromatic carbocycles. The van der Waals surface area contributed by atoms with Gasteiger partial charge in [0, 0.05) is 12.3 Å². The van der Waals surface area contributed by atoms with E-state index in [-0.39, 0.29) is 12.4 Å². The molecule has 0 aliphatic heterocycles. The largest absolute Gasteiger partial charge is 0.479 e. The molecule has 4 N–H and O–H groups in total. The van der Waals surface area contributed by atoms with Gasteiger partial charge in [-0.05, 0) is 12.1 Å². The third-order valence-electron chi connectivity index (χ3n) is 3.03. The minimum absolute atomic E-state index is 0.259. The summed E-state index contributed by atoms with van der Waals surface area (Å²) in [5, 5.41) is 21.9. The summed E-state index contributed by atoms with van der Waals surface area (Å²) < 4.78 is 5.11. The molecule has 3 aromatic rings.